The molecule has 1 heterocycles. The Morgan fingerprint density at radius 3 is 2.53 bits per heavy atom. The molecule has 1 saturated heterocycles. The second-order valence-corrected chi connectivity index (χ2v) is 5.24. The molecule has 1 rings (SSSR count). The minimum absolute atomic E-state index is 0.0744. The van der Waals surface area contributed by atoms with Crippen molar-refractivity contribution >= 4 is 11.9 Å². The van der Waals surface area contributed by atoms with Crippen LogP contribution in [0.25, 0.3) is 0 Å². The van der Waals surface area contributed by atoms with Crippen molar-refractivity contribution in [2.24, 2.45) is 0 Å². The zero-order valence-electron chi connectivity index (χ0n) is 9.85. The van der Waals surface area contributed by atoms with Gasteiger partial charge in [0.05, 0.1) is 0 Å². The first-order valence-corrected chi connectivity index (χ1v) is 5.27. The van der Waals surface area contributed by atoms with Gasteiger partial charge in [-0.3, -0.25) is 4.79 Å². The molecule has 4 nitrogen and oxygen atoms in total. The second-order valence-electron chi connectivity index (χ2n) is 5.24. The predicted molar refractivity (Wildman–Crippen MR) is 56.2 cm³/mol. The molecule has 0 aromatic carbocycles. The first-order valence-electron chi connectivity index (χ1n) is 5.27. The van der Waals surface area contributed by atoms with E-state index in [-0.39, 0.29) is 11.9 Å². The Morgan fingerprint density at radius 1 is 1.47 bits per heavy atom. The molecular weight excluding hydrogens is 194 g/mol. The molecule has 0 saturated carbocycles. The largest absolute Gasteiger partial charge is 0.458 e. The van der Waals surface area contributed by atoms with Gasteiger partial charge in [0.1, 0.15) is 11.1 Å². The SMILES string of the molecule is CC(C)(C)OC(=O)[C@@]1(C)CCCC(=O)N1. The van der Waals surface area contributed by atoms with Gasteiger partial charge in [0.2, 0.25) is 5.91 Å². The fourth-order valence-corrected chi connectivity index (χ4v) is 1.58. The van der Waals surface area contributed by atoms with Crippen molar-refractivity contribution in [2.45, 2.75) is 58.1 Å². The van der Waals surface area contributed by atoms with Crippen LogP contribution in [0.15, 0.2) is 0 Å². The van der Waals surface area contributed by atoms with E-state index in [2.05, 4.69) is 5.32 Å². The molecule has 15 heavy (non-hydrogen) atoms. The first kappa shape index (κ1) is 12.0. The number of esters is 1. The topological polar surface area (TPSA) is 55.4 Å². The predicted octanol–water partition coefficient (Wildman–Crippen LogP) is 1.39. The Hall–Kier alpha value is -1.06. The fraction of sp³-hybridized carbons (Fsp3) is 0.818. The standard InChI is InChI=1S/C11H19NO3/c1-10(2,3)15-9(14)11(4)7-5-6-8(13)12-11/h5-7H2,1-4H3,(H,12,13)/t11-/m1/s1. The molecule has 0 bridgehead atoms. The minimum atomic E-state index is -0.845. The molecule has 0 aromatic heterocycles. The minimum Gasteiger partial charge on any atom is -0.458 e. The quantitative estimate of drug-likeness (QED) is 0.670. The first-order chi connectivity index (χ1) is 6.73. The fourth-order valence-electron chi connectivity index (χ4n) is 1.58. The van der Waals surface area contributed by atoms with E-state index in [4.69, 9.17) is 4.74 Å². The summed E-state index contributed by atoms with van der Waals surface area (Å²) in [5, 5.41) is 2.70. The van der Waals surface area contributed by atoms with E-state index < -0.39 is 11.1 Å². The van der Waals surface area contributed by atoms with Gasteiger partial charge in [0, 0.05) is 6.42 Å². The summed E-state index contributed by atoms with van der Waals surface area (Å²) >= 11 is 0. The lowest BCUT2D eigenvalue weighted by Gasteiger charge is -2.34. The second kappa shape index (κ2) is 3.83. The summed E-state index contributed by atoms with van der Waals surface area (Å²) < 4.78 is 5.27. The number of carbonyl (C=O) groups is 2. The number of rotatable bonds is 1. The van der Waals surface area contributed by atoms with Gasteiger partial charge in [0.15, 0.2) is 0 Å². The highest BCUT2D eigenvalue weighted by atomic mass is 16.6. The van der Waals surface area contributed by atoms with Gasteiger partial charge >= 0.3 is 5.97 Å². The Labute approximate surface area is 90.4 Å². The van der Waals surface area contributed by atoms with Gasteiger partial charge in [-0.25, -0.2) is 4.79 Å². The summed E-state index contributed by atoms with van der Waals surface area (Å²) in [5.74, 6) is -0.419. The van der Waals surface area contributed by atoms with Gasteiger partial charge in [-0.15, -0.1) is 0 Å². The van der Waals surface area contributed by atoms with E-state index in [1.807, 2.05) is 20.8 Å². The summed E-state index contributed by atoms with van der Waals surface area (Å²) in [6, 6.07) is 0. The number of carbonyl (C=O) groups excluding carboxylic acids is 2. The normalized spacial score (nSPS) is 27.1. The van der Waals surface area contributed by atoms with Crippen LogP contribution in [0, 0.1) is 0 Å². The number of hydrogen-bond donors (Lipinski definition) is 1. The van der Waals surface area contributed by atoms with E-state index >= 15 is 0 Å². The third kappa shape index (κ3) is 3.22. The molecule has 1 aliphatic rings. The molecule has 1 N–H and O–H groups in total. The number of ether oxygens (including phenoxy) is 1. The Morgan fingerprint density at radius 2 is 2.07 bits per heavy atom. The van der Waals surface area contributed by atoms with Gasteiger partial charge in [-0.05, 0) is 40.5 Å². The van der Waals surface area contributed by atoms with E-state index in [1.54, 1.807) is 6.92 Å². The van der Waals surface area contributed by atoms with Crippen molar-refractivity contribution in [2.75, 3.05) is 0 Å². The molecule has 0 radical (unpaired) electrons. The summed E-state index contributed by atoms with van der Waals surface area (Å²) in [5.41, 5.74) is -1.36. The third-order valence-corrected chi connectivity index (χ3v) is 2.35. The van der Waals surface area contributed by atoms with Crippen molar-refractivity contribution in [3.05, 3.63) is 0 Å². The maximum atomic E-state index is 11.8. The van der Waals surface area contributed by atoms with E-state index in [1.165, 1.54) is 0 Å². The van der Waals surface area contributed by atoms with Crippen LogP contribution in [0.4, 0.5) is 0 Å². The monoisotopic (exact) mass is 213 g/mol. The number of piperidine rings is 1. The Bertz CT molecular complexity index is 280. The third-order valence-electron chi connectivity index (χ3n) is 2.35. The summed E-state index contributed by atoms with van der Waals surface area (Å²) in [6.07, 6.45) is 1.88. The van der Waals surface area contributed by atoms with Gasteiger partial charge in [-0.2, -0.15) is 0 Å². The van der Waals surface area contributed by atoms with Gasteiger partial charge in [-0.1, -0.05) is 0 Å². The van der Waals surface area contributed by atoms with Crippen LogP contribution >= 0.6 is 0 Å². The van der Waals surface area contributed by atoms with Crippen molar-refractivity contribution < 1.29 is 14.3 Å². The van der Waals surface area contributed by atoms with Crippen LogP contribution in [-0.4, -0.2) is 23.0 Å². The highest BCUT2D eigenvalue weighted by Crippen LogP contribution is 2.23. The van der Waals surface area contributed by atoms with Crippen LogP contribution in [0.3, 0.4) is 0 Å². The van der Waals surface area contributed by atoms with E-state index in [0.29, 0.717) is 12.8 Å². The van der Waals surface area contributed by atoms with Crippen molar-refractivity contribution in [1.82, 2.24) is 5.32 Å². The van der Waals surface area contributed by atoms with Crippen LogP contribution in [0.5, 0.6) is 0 Å². The van der Waals surface area contributed by atoms with Crippen molar-refractivity contribution in [3.8, 4) is 0 Å². The van der Waals surface area contributed by atoms with Crippen molar-refractivity contribution in [1.29, 1.82) is 0 Å². The van der Waals surface area contributed by atoms with Crippen LogP contribution in [-0.2, 0) is 14.3 Å². The maximum Gasteiger partial charge on any atom is 0.332 e. The molecule has 0 unspecified atom stereocenters. The molecule has 1 amide bonds. The van der Waals surface area contributed by atoms with Crippen LogP contribution in [0.2, 0.25) is 0 Å². The molecular formula is C11H19NO3. The Balaban J connectivity index is 2.68. The molecule has 4 heteroatoms. The number of nitrogens with one attached hydrogen (secondary N) is 1. The number of amides is 1. The Kier molecular flexibility index (Phi) is 3.07. The molecule has 1 atom stereocenters. The summed E-state index contributed by atoms with van der Waals surface area (Å²) in [4.78, 5) is 23.1. The molecule has 1 aliphatic heterocycles. The highest BCUT2D eigenvalue weighted by molar-refractivity contribution is 5.89. The average molecular weight is 213 g/mol. The summed E-state index contributed by atoms with van der Waals surface area (Å²) in [7, 11) is 0. The van der Waals surface area contributed by atoms with Crippen LogP contribution < -0.4 is 5.32 Å². The lowest BCUT2D eigenvalue weighted by Crippen LogP contribution is -2.56. The average Bonchev–Trinajstić information content (AvgIpc) is 2.00. The zero-order valence-corrected chi connectivity index (χ0v) is 9.85. The van der Waals surface area contributed by atoms with Gasteiger partial charge in [0.25, 0.3) is 0 Å². The zero-order chi connectivity index (χ0) is 11.7. The highest BCUT2D eigenvalue weighted by Gasteiger charge is 2.40. The van der Waals surface area contributed by atoms with Gasteiger partial charge < -0.3 is 10.1 Å². The maximum absolute atomic E-state index is 11.8. The smallest absolute Gasteiger partial charge is 0.332 e. The number of hydrogen-bond acceptors (Lipinski definition) is 3. The lowest BCUT2D eigenvalue weighted by atomic mass is 9.90. The van der Waals surface area contributed by atoms with E-state index in [0.717, 1.165) is 6.42 Å². The van der Waals surface area contributed by atoms with E-state index in [9.17, 15) is 9.59 Å². The lowest BCUT2D eigenvalue weighted by molar-refractivity contribution is -0.165. The molecule has 86 valence electrons. The molecule has 1 fully saturated rings. The molecule has 0 aliphatic carbocycles. The summed E-state index contributed by atoms with van der Waals surface area (Å²) in [6.45, 7) is 7.18. The van der Waals surface area contributed by atoms with Crippen molar-refractivity contribution in [3.63, 3.8) is 0 Å². The van der Waals surface area contributed by atoms with Crippen LogP contribution in [0.1, 0.15) is 47.0 Å². The molecule has 0 aromatic rings. The molecule has 0 spiro atoms.